The van der Waals surface area contributed by atoms with Gasteiger partial charge in [-0.05, 0) is 49.8 Å². The van der Waals surface area contributed by atoms with Gasteiger partial charge in [0, 0.05) is 5.69 Å². The minimum absolute atomic E-state index is 0.295. The molecule has 1 aromatic rings. The number of hydrogen-bond donors (Lipinski definition) is 1. The van der Waals surface area contributed by atoms with E-state index in [0.717, 1.165) is 42.5 Å². The van der Waals surface area contributed by atoms with E-state index in [0.29, 0.717) is 5.69 Å². The summed E-state index contributed by atoms with van der Waals surface area (Å²) in [6.45, 7) is 1.71. The molecular weight excluding hydrogens is 218 g/mol. The van der Waals surface area contributed by atoms with Gasteiger partial charge in [-0.1, -0.05) is 0 Å². The topological polar surface area (TPSA) is 59.4 Å². The van der Waals surface area contributed by atoms with Crippen molar-refractivity contribution < 1.29 is 14.6 Å². The zero-order chi connectivity index (χ0) is 12.4. The summed E-state index contributed by atoms with van der Waals surface area (Å²) >= 11 is 0. The van der Waals surface area contributed by atoms with Crippen LogP contribution in [0.1, 0.15) is 53.2 Å². The molecule has 0 saturated heterocycles. The number of pyridine rings is 1. The maximum absolute atomic E-state index is 11.5. The number of aliphatic hydroxyl groups excluding tert-OH is 1. The summed E-state index contributed by atoms with van der Waals surface area (Å²) in [5.74, 6) is -0.444. The van der Waals surface area contributed by atoms with E-state index in [1.165, 1.54) is 7.11 Å². The molecule has 4 heteroatoms. The van der Waals surface area contributed by atoms with Gasteiger partial charge >= 0.3 is 5.97 Å². The first-order valence-electron chi connectivity index (χ1n) is 5.92. The molecule has 4 nitrogen and oxygen atoms in total. The van der Waals surface area contributed by atoms with E-state index in [1.807, 2.05) is 0 Å². The molecular formula is C13H17NO3. The average Bonchev–Trinajstić information content (AvgIpc) is 2.36. The Bertz CT molecular complexity index is 441. The maximum Gasteiger partial charge on any atom is 0.356 e. The predicted octanol–water partition coefficient (Wildman–Crippen LogP) is 1.80. The molecule has 1 aliphatic carbocycles. The fourth-order valence-electron chi connectivity index (χ4n) is 2.32. The van der Waals surface area contributed by atoms with Gasteiger partial charge in [0.15, 0.2) is 0 Å². The van der Waals surface area contributed by atoms with Crippen LogP contribution in [-0.4, -0.2) is 23.2 Å². The second-order valence-electron chi connectivity index (χ2n) is 4.40. The zero-order valence-electron chi connectivity index (χ0n) is 10.2. The van der Waals surface area contributed by atoms with Crippen LogP contribution in [0.4, 0.5) is 0 Å². The number of methoxy groups -OCH3 is 1. The van der Waals surface area contributed by atoms with E-state index in [2.05, 4.69) is 9.72 Å². The molecule has 17 heavy (non-hydrogen) atoms. The van der Waals surface area contributed by atoms with E-state index in [4.69, 9.17) is 0 Å². The fraction of sp³-hybridized carbons (Fsp3) is 0.538. The Hall–Kier alpha value is -1.42. The molecule has 92 valence electrons. The number of aryl methyl sites for hydroxylation is 1. The summed E-state index contributed by atoms with van der Waals surface area (Å²) in [6, 6.07) is 1.65. The van der Waals surface area contributed by atoms with Crippen LogP contribution in [0, 0.1) is 0 Å². The summed E-state index contributed by atoms with van der Waals surface area (Å²) in [4.78, 5) is 15.8. The van der Waals surface area contributed by atoms with Gasteiger partial charge in [0.25, 0.3) is 0 Å². The van der Waals surface area contributed by atoms with E-state index >= 15 is 0 Å². The SMILES string of the molecule is COC(=O)c1cc([C@H](C)O)c2c(n1)CCCC2. The summed E-state index contributed by atoms with van der Waals surface area (Å²) in [6.07, 6.45) is 3.44. The Morgan fingerprint density at radius 3 is 2.82 bits per heavy atom. The van der Waals surface area contributed by atoms with Crippen LogP contribution in [0.15, 0.2) is 6.07 Å². The van der Waals surface area contributed by atoms with Crippen molar-refractivity contribution in [2.45, 2.75) is 38.7 Å². The first-order valence-corrected chi connectivity index (χ1v) is 5.92. The second kappa shape index (κ2) is 4.84. The van der Waals surface area contributed by atoms with Gasteiger partial charge in [0.05, 0.1) is 13.2 Å². The zero-order valence-corrected chi connectivity index (χ0v) is 10.2. The normalized spacial score (nSPS) is 16.2. The number of hydrogen-bond acceptors (Lipinski definition) is 4. The summed E-state index contributed by atoms with van der Waals surface area (Å²) in [5, 5.41) is 9.78. The molecule has 0 amide bonds. The lowest BCUT2D eigenvalue weighted by Gasteiger charge is -2.20. The van der Waals surface area contributed by atoms with Gasteiger partial charge in [0.1, 0.15) is 5.69 Å². The van der Waals surface area contributed by atoms with Crippen molar-refractivity contribution in [2.24, 2.45) is 0 Å². The van der Waals surface area contributed by atoms with Gasteiger partial charge in [-0.25, -0.2) is 9.78 Å². The molecule has 0 radical (unpaired) electrons. The minimum Gasteiger partial charge on any atom is -0.464 e. The van der Waals surface area contributed by atoms with E-state index in [1.54, 1.807) is 13.0 Å². The maximum atomic E-state index is 11.5. The van der Waals surface area contributed by atoms with E-state index < -0.39 is 12.1 Å². The number of aromatic nitrogens is 1. The first-order chi connectivity index (χ1) is 8.13. The molecule has 0 spiro atoms. The minimum atomic E-state index is -0.576. The number of rotatable bonds is 2. The van der Waals surface area contributed by atoms with Gasteiger partial charge in [-0.15, -0.1) is 0 Å². The highest BCUT2D eigenvalue weighted by molar-refractivity contribution is 5.87. The van der Waals surface area contributed by atoms with Crippen molar-refractivity contribution in [3.05, 3.63) is 28.6 Å². The quantitative estimate of drug-likeness (QED) is 0.794. The monoisotopic (exact) mass is 235 g/mol. The van der Waals surface area contributed by atoms with Crippen LogP contribution in [0.25, 0.3) is 0 Å². The van der Waals surface area contributed by atoms with Crippen LogP contribution >= 0.6 is 0 Å². The third-order valence-corrected chi connectivity index (χ3v) is 3.18. The van der Waals surface area contributed by atoms with Crippen LogP contribution in [0.3, 0.4) is 0 Å². The van der Waals surface area contributed by atoms with Gasteiger partial charge in [-0.2, -0.15) is 0 Å². The smallest absolute Gasteiger partial charge is 0.356 e. The molecule has 1 atom stereocenters. The molecule has 0 aromatic carbocycles. The molecule has 2 rings (SSSR count). The largest absolute Gasteiger partial charge is 0.464 e. The van der Waals surface area contributed by atoms with Crippen LogP contribution < -0.4 is 0 Å². The first kappa shape index (κ1) is 12.0. The molecule has 1 N–H and O–H groups in total. The van der Waals surface area contributed by atoms with Gasteiger partial charge in [-0.3, -0.25) is 0 Å². The van der Waals surface area contributed by atoms with Gasteiger partial charge < -0.3 is 9.84 Å². The third-order valence-electron chi connectivity index (χ3n) is 3.18. The lowest BCUT2D eigenvalue weighted by atomic mass is 9.90. The van der Waals surface area contributed by atoms with Crippen molar-refractivity contribution in [3.8, 4) is 0 Å². The summed E-state index contributed by atoms with van der Waals surface area (Å²) in [5.41, 5.74) is 3.16. The Kier molecular flexibility index (Phi) is 3.43. The lowest BCUT2D eigenvalue weighted by molar-refractivity contribution is 0.0593. The third kappa shape index (κ3) is 2.31. The Morgan fingerprint density at radius 2 is 2.18 bits per heavy atom. The summed E-state index contributed by atoms with van der Waals surface area (Å²) < 4.78 is 4.68. The van der Waals surface area contributed by atoms with Crippen molar-refractivity contribution in [2.75, 3.05) is 7.11 Å². The van der Waals surface area contributed by atoms with Crippen molar-refractivity contribution in [1.82, 2.24) is 4.98 Å². The predicted molar refractivity (Wildman–Crippen MR) is 62.9 cm³/mol. The standard InChI is InChI=1S/C13H17NO3/c1-8(15)10-7-12(13(16)17-2)14-11-6-4-3-5-9(10)11/h7-8,15H,3-6H2,1-2H3/t8-/m0/s1. The highest BCUT2D eigenvalue weighted by Crippen LogP contribution is 2.28. The molecule has 1 aromatic heterocycles. The average molecular weight is 235 g/mol. The summed E-state index contributed by atoms with van der Waals surface area (Å²) in [7, 11) is 1.34. The molecule has 1 heterocycles. The number of carbonyl (C=O) groups excluding carboxylic acids is 1. The van der Waals surface area contributed by atoms with Crippen LogP contribution in [-0.2, 0) is 17.6 Å². The molecule has 0 aliphatic heterocycles. The Morgan fingerprint density at radius 1 is 1.47 bits per heavy atom. The van der Waals surface area contributed by atoms with Crippen LogP contribution in [0.5, 0.6) is 0 Å². The molecule has 0 bridgehead atoms. The molecule has 0 unspecified atom stereocenters. The van der Waals surface area contributed by atoms with Crippen molar-refractivity contribution >= 4 is 5.97 Å². The number of esters is 1. The highest BCUT2D eigenvalue weighted by Gasteiger charge is 2.21. The fourth-order valence-corrected chi connectivity index (χ4v) is 2.32. The van der Waals surface area contributed by atoms with Crippen molar-refractivity contribution in [3.63, 3.8) is 0 Å². The number of nitrogens with zero attached hydrogens (tertiary/aromatic N) is 1. The van der Waals surface area contributed by atoms with Gasteiger partial charge in [0.2, 0.25) is 0 Å². The van der Waals surface area contributed by atoms with Crippen molar-refractivity contribution in [1.29, 1.82) is 0 Å². The second-order valence-corrected chi connectivity index (χ2v) is 4.40. The highest BCUT2D eigenvalue weighted by atomic mass is 16.5. The van der Waals surface area contributed by atoms with E-state index in [-0.39, 0.29) is 0 Å². The Labute approximate surface area is 101 Å². The lowest BCUT2D eigenvalue weighted by Crippen LogP contribution is -2.15. The number of fused-ring (bicyclic) bond motifs is 1. The molecule has 0 fully saturated rings. The molecule has 1 aliphatic rings. The van der Waals surface area contributed by atoms with E-state index in [9.17, 15) is 9.90 Å². The Balaban J connectivity index is 2.52. The molecule has 0 saturated carbocycles. The number of aliphatic hydroxyl groups is 1. The number of ether oxygens (including phenoxy) is 1. The van der Waals surface area contributed by atoms with Crippen LogP contribution in [0.2, 0.25) is 0 Å². The number of carbonyl (C=O) groups is 1.